The highest BCUT2D eigenvalue weighted by Crippen LogP contribution is 2.29. The molecular weight excluding hydrogens is 364 g/mol. The van der Waals surface area contributed by atoms with Gasteiger partial charge >= 0.3 is 0 Å². The molecule has 25 heavy (non-hydrogen) atoms. The van der Waals surface area contributed by atoms with E-state index in [2.05, 4.69) is 4.72 Å². The van der Waals surface area contributed by atoms with E-state index in [0.29, 0.717) is 5.69 Å². The maximum Gasteiger partial charge on any atom is 0.265 e. The monoisotopic (exact) mass is 384 g/mol. The zero-order chi connectivity index (χ0) is 18.8. The minimum absolute atomic E-state index is 0.0600. The molecule has 9 heteroatoms. The molecule has 1 N–H and O–H groups in total. The summed E-state index contributed by atoms with van der Waals surface area (Å²) in [7, 11) is -2.51. The van der Waals surface area contributed by atoms with Crippen molar-refractivity contribution in [1.82, 2.24) is 0 Å². The molecule has 0 unspecified atom stereocenters. The average Bonchev–Trinajstić information content (AvgIpc) is 2.53. The normalized spacial score (nSPS) is 11.8. The molecule has 2 aromatic carbocycles. The van der Waals surface area contributed by atoms with Gasteiger partial charge in [-0.15, -0.1) is 0 Å². The van der Waals surface area contributed by atoms with Gasteiger partial charge in [0.15, 0.2) is 9.84 Å². The SMILES string of the molecule is COc1ccc(S(C)(=O)=O)cc1S(=O)(=O)Nc1ccc(N(C)C)cc1. The third-order valence-corrected chi connectivity index (χ3v) is 6.00. The summed E-state index contributed by atoms with van der Waals surface area (Å²) in [6.45, 7) is 0. The molecule has 0 amide bonds. The van der Waals surface area contributed by atoms with Gasteiger partial charge in [-0.2, -0.15) is 0 Å². The molecular formula is C16H20N2O5S2. The number of anilines is 2. The standard InChI is InChI=1S/C16H20N2O5S2/c1-18(2)13-7-5-12(6-8-13)17-25(21,22)16-11-14(24(4,19)20)9-10-15(16)23-3/h5-11,17H,1-4H3. The van der Waals surface area contributed by atoms with Crippen molar-refractivity contribution >= 4 is 31.2 Å². The summed E-state index contributed by atoms with van der Waals surface area (Å²) in [5.74, 6) is 0.0600. The summed E-state index contributed by atoms with van der Waals surface area (Å²) in [6.07, 6.45) is 1.01. The third kappa shape index (κ3) is 4.43. The number of ether oxygens (including phenoxy) is 1. The Bertz CT molecular complexity index is 966. The topological polar surface area (TPSA) is 92.8 Å². The van der Waals surface area contributed by atoms with Crippen molar-refractivity contribution in [1.29, 1.82) is 0 Å². The van der Waals surface area contributed by atoms with Gasteiger partial charge in [0, 0.05) is 31.7 Å². The van der Waals surface area contributed by atoms with Crippen LogP contribution in [0.2, 0.25) is 0 Å². The van der Waals surface area contributed by atoms with Gasteiger partial charge in [-0.3, -0.25) is 4.72 Å². The molecule has 2 aromatic rings. The van der Waals surface area contributed by atoms with Gasteiger partial charge in [0.25, 0.3) is 10.0 Å². The first-order valence-electron chi connectivity index (χ1n) is 7.23. The Hall–Kier alpha value is -2.26. The number of hydrogen-bond acceptors (Lipinski definition) is 6. The minimum atomic E-state index is -4.03. The highest BCUT2D eigenvalue weighted by Gasteiger charge is 2.22. The Morgan fingerprint density at radius 3 is 2.04 bits per heavy atom. The lowest BCUT2D eigenvalue weighted by molar-refractivity contribution is 0.402. The highest BCUT2D eigenvalue weighted by molar-refractivity contribution is 7.93. The predicted molar refractivity (Wildman–Crippen MR) is 97.7 cm³/mol. The number of sulfonamides is 1. The summed E-state index contributed by atoms with van der Waals surface area (Å²) >= 11 is 0. The molecule has 0 heterocycles. The molecule has 0 fully saturated rings. The van der Waals surface area contributed by atoms with Crippen LogP contribution in [0.3, 0.4) is 0 Å². The molecule has 0 aromatic heterocycles. The zero-order valence-electron chi connectivity index (χ0n) is 14.3. The van der Waals surface area contributed by atoms with Gasteiger partial charge in [0.05, 0.1) is 12.0 Å². The maximum absolute atomic E-state index is 12.7. The van der Waals surface area contributed by atoms with E-state index in [9.17, 15) is 16.8 Å². The van der Waals surface area contributed by atoms with Crippen LogP contribution in [-0.4, -0.2) is 44.3 Å². The van der Waals surface area contributed by atoms with E-state index in [-0.39, 0.29) is 15.5 Å². The van der Waals surface area contributed by atoms with Crippen LogP contribution in [0.15, 0.2) is 52.3 Å². The minimum Gasteiger partial charge on any atom is -0.495 e. The van der Waals surface area contributed by atoms with Gasteiger partial charge in [-0.25, -0.2) is 16.8 Å². The number of nitrogens with one attached hydrogen (secondary N) is 1. The highest BCUT2D eigenvalue weighted by atomic mass is 32.2. The molecule has 0 saturated heterocycles. The Labute approximate surface area is 148 Å². The van der Waals surface area contributed by atoms with Crippen molar-refractivity contribution in [3.05, 3.63) is 42.5 Å². The molecule has 0 aliphatic heterocycles. The van der Waals surface area contributed by atoms with Crippen molar-refractivity contribution in [2.45, 2.75) is 9.79 Å². The predicted octanol–water partition coefficient (Wildman–Crippen LogP) is 1.97. The largest absolute Gasteiger partial charge is 0.495 e. The van der Waals surface area contributed by atoms with Gasteiger partial charge in [-0.1, -0.05) is 0 Å². The summed E-state index contributed by atoms with van der Waals surface area (Å²) in [5, 5.41) is 0. The fourth-order valence-electron chi connectivity index (χ4n) is 2.14. The lowest BCUT2D eigenvalue weighted by Gasteiger charge is -2.15. The molecule has 0 atom stereocenters. The fraction of sp³-hybridized carbons (Fsp3) is 0.250. The van der Waals surface area contributed by atoms with Crippen LogP contribution in [0.5, 0.6) is 5.75 Å². The second kappa shape index (κ2) is 6.93. The van der Waals surface area contributed by atoms with Crippen LogP contribution in [0.1, 0.15) is 0 Å². The second-order valence-corrected chi connectivity index (χ2v) is 9.30. The maximum atomic E-state index is 12.7. The van der Waals surface area contributed by atoms with Crippen molar-refractivity contribution in [3.8, 4) is 5.75 Å². The second-order valence-electron chi connectivity index (χ2n) is 5.63. The van der Waals surface area contributed by atoms with E-state index in [1.165, 1.54) is 19.2 Å². The molecule has 0 spiro atoms. The lowest BCUT2D eigenvalue weighted by Crippen LogP contribution is -2.15. The van der Waals surface area contributed by atoms with Crippen molar-refractivity contribution in [3.63, 3.8) is 0 Å². The van der Waals surface area contributed by atoms with E-state index < -0.39 is 19.9 Å². The first kappa shape index (κ1) is 19.1. The van der Waals surface area contributed by atoms with Crippen molar-refractivity contribution in [2.75, 3.05) is 37.1 Å². The van der Waals surface area contributed by atoms with Crippen LogP contribution >= 0.6 is 0 Å². The summed E-state index contributed by atoms with van der Waals surface area (Å²) in [6, 6.07) is 10.5. The molecule has 0 bridgehead atoms. The molecule has 136 valence electrons. The summed E-state index contributed by atoms with van der Waals surface area (Å²) in [4.78, 5) is 1.54. The lowest BCUT2D eigenvalue weighted by atomic mass is 10.3. The van der Waals surface area contributed by atoms with E-state index >= 15 is 0 Å². The Morgan fingerprint density at radius 1 is 0.960 bits per heavy atom. The molecule has 0 saturated carbocycles. The first-order chi connectivity index (χ1) is 11.5. The smallest absolute Gasteiger partial charge is 0.265 e. The molecule has 0 aliphatic rings. The Kier molecular flexibility index (Phi) is 5.28. The number of nitrogens with zero attached hydrogens (tertiary/aromatic N) is 1. The zero-order valence-corrected chi connectivity index (χ0v) is 16.0. The quantitative estimate of drug-likeness (QED) is 0.818. The molecule has 0 aliphatic carbocycles. The van der Waals surface area contributed by atoms with Crippen LogP contribution in [0.4, 0.5) is 11.4 Å². The van der Waals surface area contributed by atoms with Crippen LogP contribution in [-0.2, 0) is 19.9 Å². The number of methoxy groups -OCH3 is 1. The van der Waals surface area contributed by atoms with E-state index in [1.807, 2.05) is 19.0 Å². The Morgan fingerprint density at radius 2 is 1.56 bits per heavy atom. The van der Waals surface area contributed by atoms with Crippen LogP contribution in [0.25, 0.3) is 0 Å². The van der Waals surface area contributed by atoms with Gasteiger partial charge in [-0.05, 0) is 42.5 Å². The number of sulfone groups is 1. The molecule has 2 rings (SSSR count). The first-order valence-corrected chi connectivity index (χ1v) is 10.6. The average molecular weight is 384 g/mol. The van der Waals surface area contributed by atoms with Crippen molar-refractivity contribution < 1.29 is 21.6 Å². The summed E-state index contributed by atoms with van der Waals surface area (Å²) in [5.41, 5.74) is 1.28. The van der Waals surface area contributed by atoms with E-state index in [4.69, 9.17) is 4.74 Å². The van der Waals surface area contributed by atoms with Crippen LogP contribution < -0.4 is 14.4 Å². The summed E-state index contributed by atoms with van der Waals surface area (Å²) < 4.78 is 56.3. The third-order valence-electron chi connectivity index (χ3n) is 3.49. The molecule has 0 radical (unpaired) electrons. The fourth-order valence-corrected chi connectivity index (χ4v) is 4.11. The van der Waals surface area contributed by atoms with E-state index in [0.717, 1.165) is 18.0 Å². The Balaban J connectivity index is 2.44. The van der Waals surface area contributed by atoms with Gasteiger partial charge < -0.3 is 9.64 Å². The van der Waals surface area contributed by atoms with Crippen molar-refractivity contribution in [2.24, 2.45) is 0 Å². The number of rotatable bonds is 6. The van der Waals surface area contributed by atoms with E-state index in [1.54, 1.807) is 24.3 Å². The molecule has 7 nitrogen and oxygen atoms in total. The van der Waals surface area contributed by atoms with Crippen LogP contribution in [0, 0.1) is 0 Å². The van der Waals surface area contributed by atoms with Gasteiger partial charge in [0.1, 0.15) is 10.6 Å². The number of benzene rings is 2. The van der Waals surface area contributed by atoms with Gasteiger partial charge in [0.2, 0.25) is 0 Å². The number of hydrogen-bond donors (Lipinski definition) is 1.